The van der Waals surface area contributed by atoms with Gasteiger partial charge in [0.05, 0.1) is 6.54 Å². The van der Waals surface area contributed by atoms with Gasteiger partial charge in [-0.1, -0.05) is 31.8 Å². The Morgan fingerprint density at radius 3 is 2.88 bits per heavy atom. The zero-order valence-corrected chi connectivity index (χ0v) is 11.1. The van der Waals surface area contributed by atoms with Crippen molar-refractivity contribution < 1.29 is 4.52 Å². The Labute approximate surface area is 103 Å². The molecule has 1 aliphatic carbocycles. The Hall–Kier alpha value is -0.900. The molecule has 1 N–H and O–H groups in total. The second-order valence-electron chi connectivity index (χ2n) is 5.48. The van der Waals surface area contributed by atoms with Gasteiger partial charge in [0, 0.05) is 6.04 Å². The third kappa shape index (κ3) is 3.53. The van der Waals surface area contributed by atoms with Crippen molar-refractivity contribution in [3.8, 4) is 0 Å². The van der Waals surface area contributed by atoms with Crippen molar-refractivity contribution >= 4 is 0 Å². The molecule has 0 spiro atoms. The molecule has 4 heteroatoms. The van der Waals surface area contributed by atoms with Crippen LogP contribution >= 0.6 is 0 Å². The average Bonchev–Trinajstić information content (AvgIpc) is 2.73. The summed E-state index contributed by atoms with van der Waals surface area (Å²) in [5.41, 5.74) is 0. The number of hydrogen-bond donors (Lipinski definition) is 1. The molecule has 96 valence electrons. The maximum Gasteiger partial charge on any atom is 0.240 e. The molecule has 1 heterocycles. The van der Waals surface area contributed by atoms with Crippen LogP contribution in [0.5, 0.6) is 0 Å². The van der Waals surface area contributed by atoms with E-state index in [2.05, 4.69) is 29.3 Å². The molecule has 2 atom stereocenters. The summed E-state index contributed by atoms with van der Waals surface area (Å²) < 4.78 is 5.11. The lowest BCUT2D eigenvalue weighted by Gasteiger charge is -2.31. The molecule has 1 fully saturated rings. The number of aryl methyl sites for hydroxylation is 1. The quantitative estimate of drug-likeness (QED) is 0.874. The predicted octanol–water partition coefficient (Wildman–Crippen LogP) is 2.68. The second-order valence-corrected chi connectivity index (χ2v) is 5.48. The van der Waals surface area contributed by atoms with E-state index in [0.29, 0.717) is 24.3 Å². The minimum Gasteiger partial charge on any atom is -0.338 e. The van der Waals surface area contributed by atoms with Gasteiger partial charge in [-0.25, -0.2) is 0 Å². The van der Waals surface area contributed by atoms with Crippen molar-refractivity contribution in [3.63, 3.8) is 0 Å². The fraction of sp³-hybridized carbons (Fsp3) is 0.846. The van der Waals surface area contributed by atoms with Gasteiger partial charge in [-0.05, 0) is 31.6 Å². The van der Waals surface area contributed by atoms with Gasteiger partial charge in [0.1, 0.15) is 0 Å². The molecule has 17 heavy (non-hydrogen) atoms. The molecule has 0 amide bonds. The fourth-order valence-electron chi connectivity index (χ4n) is 2.66. The molecule has 1 saturated carbocycles. The zero-order chi connectivity index (χ0) is 12.3. The van der Waals surface area contributed by atoms with Gasteiger partial charge in [0.15, 0.2) is 5.82 Å². The smallest absolute Gasteiger partial charge is 0.240 e. The monoisotopic (exact) mass is 237 g/mol. The summed E-state index contributed by atoms with van der Waals surface area (Å²) in [5.74, 6) is 3.08. The van der Waals surface area contributed by atoms with E-state index in [4.69, 9.17) is 4.52 Å². The van der Waals surface area contributed by atoms with E-state index in [1.165, 1.54) is 25.7 Å². The SMILES string of the molecule is Cc1noc(CNC2CCCC(C(C)C)C2)n1. The van der Waals surface area contributed by atoms with Crippen LogP contribution in [0, 0.1) is 18.8 Å². The van der Waals surface area contributed by atoms with Crippen molar-refractivity contribution in [2.75, 3.05) is 0 Å². The van der Waals surface area contributed by atoms with Crippen LogP contribution in [0.15, 0.2) is 4.52 Å². The number of nitrogens with zero attached hydrogens (tertiary/aromatic N) is 2. The fourth-order valence-corrected chi connectivity index (χ4v) is 2.66. The van der Waals surface area contributed by atoms with Crippen molar-refractivity contribution in [1.82, 2.24) is 15.5 Å². The second kappa shape index (κ2) is 5.63. The molecule has 2 unspecified atom stereocenters. The Balaban J connectivity index is 1.79. The highest BCUT2D eigenvalue weighted by atomic mass is 16.5. The van der Waals surface area contributed by atoms with E-state index in [0.717, 1.165) is 11.8 Å². The Morgan fingerprint density at radius 1 is 1.41 bits per heavy atom. The van der Waals surface area contributed by atoms with Gasteiger partial charge in [0.25, 0.3) is 0 Å². The number of hydrogen-bond acceptors (Lipinski definition) is 4. The summed E-state index contributed by atoms with van der Waals surface area (Å²) in [6.45, 7) is 7.21. The maximum absolute atomic E-state index is 5.11. The van der Waals surface area contributed by atoms with Gasteiger partial charge >= 0.3 is 0 Å². The summed E-state index contributed by atoms with van der Waals surface area (Å²) in [5, 5.41) is 7.34. The van der Waals surface area contributed by atoms with E-state index in [1.54, 1.807) is 0 Å². The number of nitrogens with one attached hydrogen (secondary N) is 1. The van der Waals surface area contributed by atoms with Crippen molar-refractivity contribution in [2.45, 2.75) is 59.0 Å². The van der Waals surface area contributed by atoms with Crippen LogP contribution in [0.3, 0.4) is 0 Å². The van der Waals surface area contributed by atoms with Crippen molar-refractivity contribution in [1.29, 1.82) is 0 Å². The molecule has 4 nitrogen and oxygen atoms in total. The van der Waals surface area contributed by atoms with E-state index in [1.807, 2.05) is 6.92 Å². The van der Waals surface area contributed by atoms with E-state index >= 15 is 0 Å². The van der Waals surface area contributed by atoms with Gasteiger partial charge in [-0.3, -0.25) is 0 Å². The number of rotatable bonds is 4. The highest BCUT2D eigenvalue weighted by Gasteiger charge is 2.23. The summed E-state index contributed by atoms with van der Waals surface area (Å²) in [4.78, 5) is 4.21. The lowest BCUT2D eigenvalue weighted by atomic mass is 9.79. The highest BCUT2D eigenvalue weighted by molar-refractivity contribution is 4.85. The van der Waals surface area contributed by atoms with Crippen LogP contribution in [0.1, 0.15) is 51.2 Å². The molecule has 2 rings (SSSR count). The molecule has 1 aromatic rings. The molecule has 0 radical (unpaired) electrons. The number of aromatic nitrogens is 2. The average molecular weight is 237 g/mol. The molecule has 1 aromatic heterocycles. The van der Waals surface area contributed by atoms with Gasteiger partial charge in [-0.15, -0.1) is 0 Å². The van der Waals surface area contributed by atoms with E-state index in [-0.39, 0.29) is 0 Å². The van der Waals surface area contributed by atoms with Crippen LogP contribution < -0.4 is 5.32 Å². The largest absolute Gasteiger partial charge is 0.338 e. The lowest BCUT2D eigenvalue weighted by Crippen LogP contribution is -2.35. The first-order valence-electron chi connectivity index (χ1n) is 6.67. The van der Waals surface area contributed by atoms with E-state index in [9.17, 15) is 0 Å². The van der Waals surface area contributed by atoms with Crippen LogP contribution in [-0.2, 0) is 6.54 Å². The summed E-state index contributed by atoms with van der Waals surface area (Å²) in [6.07, 6.45) is 5.28. The molecular formula is C13H23N3O. The highest BCUT2D eigenvalue weighted by Crippen LogP contribution is 2.29. The standard InChI is InChI=1S/C13H23N3O/c1-9(2)11-5-4-6-12(7-11)14-8-13-15-10(3)16-17-13/h9,11-12,14H,4-8H2,1-3H3. The normalized spacial score (nSPS) is 25.4. The minimum atomic E-state index is 0.614. The topological polar surface area (TPSA) is 51.0 Å². The summed E-state index contributed by atoms with van der Waals surface area (Å²) in [6, 6.07) is 0.614. The first-order valence-corrected chi connectivity index (χ1v) is 6.67. The molecule has 0 bridgehead atoms. The third-order valence-electron chi connectivity index (χ3n) is 3.77. The van der Waals surface area contributed by atoms with Crippen LogP contribution in [-0.4, -0.2) is 16.2 Å². The van der Waals surface area contributed by atoms with Crippen LogP contribution in [0.4, 0.5) is 0 Å². The molecule has 0 aromatic carbocycles. The Bertz CT molecular complexity index is 348. The minimum absolute atomic E-state index is 0.614. The molecule has 0 aliphatic heterocycles. The first kappa shape index (κ1) is 12.6. The van der Waals surface area contributed by atoms with Crippen molar-refractivity contribution in [3.05, 3.63) is 11.7 Å². The van der Waals surface area contributed by atoms with Crippen LogP contribution in [0.2, 0.25) is 0 Å². The van der Waals surface area contributed by atoms with Gasteiger partial charge in [0.2, 0.25) is 5.89 Å². The molecule has 1 aliphatic rings. The van der Waals surface area contributed by atoms with Gasteiger partial charge in [-0.2, -0.15) is 4.98 Å². The van der Waals surface area contributed by atoms with Gasteiger partial charge < -0.3 is 9.84 Å². The predicted molar refractivity (Wildman–Crippen MR) is 66.5 cm³/mol. The maximum atomic E-state index is 5.11. The molecular weight excluding hydrogens is 214 g/mol. The summed E-state index contributed by atoms with van der Waals surface area (Å²) in [7, 11) is 0. The van der Waals surface area contributed by atoms with Crippen LogP contribution in [0.25, 0.3) is 0 Å². The Morgan fingerprint density at radius 2 is 2.24 bits per heavy atom. The lowest BCUT2D eigenvalue weighted by molar-refractivity contribution is 0.225. The summed E-state index contributed by atoms with van der Waals surface area (Å²) >= 11 is 0. The Kier molecular flexibility index (Phi) is 4.15. The van der Waals surface area contributed by atoms with Crippen molar-refractivity contribution in [2.24, 2.45) is 11.8 Å². The first-order chi connectivity index (χ1) is 8.15. The van der Waals surface area contributed by atoms with E-state index < -0.39 is 0 Å². The molecule has 0 saturated heterocycles. The zero-order valence-electron chi connectivity index (χ0n) is 11.1. The third-order valence-corrected chi connectivity index (χ3v) is 3.77.